The van der Waals surface area contributed by atoms with Gasteiger partial charge in [-0.05, 0) is 52.3 Å². The van der Waals surface area contributed by atoms with Gasteiger partial charge in [-0.3, -0.25) is 19.1 Å². The van der Waals surface area contributed by atoms with Crippen LogP contribution in [0.3, 0.4) is 0 Å². The minimum atomic E-state index is -0.501. The van der Waals surface area contributed by atoms with E-state index in [0.29, 0.717) is 23.3 Å². The van der Waals surface area contributed by atoms with Crippen LogP contribution in [0.5, 0.6) is 0 Å². The molecule has 0 bridgehead atoms. The van der Waals surface area contributed by atoms with Gasteiger partial charge in [0.25, 0.3) is 5.56 Å². The highest BCUT2D eigenvalue weighted by molar-refractivity contribution is 5.77. The van der Waals surface area contributed by atoms with Gasteiger partial charge >= 0.3 is 5.97 Å². The Balaban J connectivity index is 1.86. The van der Waals surface area contributed by atoms with Crippen molar-refractivity contribution in [1.82, 2.24) is 14.5 Å². The van der Waals surface area contributed by atoms with Crippen molar-refractivity contribution in [2.45, 2.75) is 51.8 Å². The second kappa shape index (κ2) is 6.59. The first-order valence-corrected chi connectivity index (χ1v) is 8.68. The van der Waals surface area contributed by atoms with Crippen LogP contribution < -0.4 is 5.56 Å². The number of nitrogens with zero attached hydrogens (tertiary/aromatic N) is 3. The van der Waals surface area contributed by atoms with E-state index in [1.54, 1.807) is 17.7 Å². The lowest BCUT2D eigenvalue weighted by molar-refractivity contribution is -0.160. The molecule has 6 nitrogen and oxygen atoms in total. The summed E-state index contributed by atoms with van der Waals surface area (Å²) in [6.07, 6.45) is 1.71. The van der Waals surface area contributed by atoms with Crippen LogP contribution >= 0.6 is 0 Å². The highest BCUT2D eigenvalue weighted by Gasteiger charge is 2.34. The number of hydrogen-bond donors (Lipinski definition) is 0. The Morgan fingerprint density at radius 3 is 2.76 bits per heavy atom. The Bertz CT molecular complexity index is 851. The van der Waals surface area contributed by atoms with Gasteiger partial charge < -0.3 is 4.74 Å². The Kier molecular flexibility index (Phi) is 4.64. The monoisotopic (exact) mass is 343 g/mol. The van der Waals surface area contributed by atoms with E-state index >= 15 is 0 Å². The minimum Gasteiger partial charge on any atom is -0.459 e. The van der Waals surface area contributed by atoms with E-state index < -0.39 is 5.60 Å². The predicted molar refractivity (Wildman–Crippen MR) is 96.3 cm³/mol. The number of hydrogen-bond acceptors (Lipinski definition) is 5. The lowest BCUT2D eigenvalue weighted by atomic mass is 10.1. The number of carbonyl (C=O) groups excluding carboxylic acids is 1. The third-order valence-corrected chi connectivity index (χ3v) is 4.46. The second-order valence-corrected chi connectivity index (χ2v) is 7.57. The molecule has 25 heavy (non-hydrogen) atoms. The maximum absolute atomic E-state index is 12.5. The Morgan fingerprint density at radius 2 is 2.04 bits per heavy atom. The van der Waals surface area contributed by atoms with Gasteiger partial charge in [-0.2, -0.15) is 0 Å². The van der Waals surface area contributed by atoms with Gasteiger partial charge in [0.15, 0.2) is 0 Å². The first-order valence-electron chi connectivity index (χ1n) is 8.68. The molecule has 1 aromatic heterocycles. The molecule has 0 unspecified atom stereocenters. The van der Waals surface area contributed by atoms with Gasteiger partial charge in [-0.1, -0.05) is 12.1 Å². The van der Waals surface area contributed by atoms with E-state index in [4.69, 9.17) is 4.74 Å². The Hall–Kier alpha value is -2.21. The molecular formula is C19H25N3O3. The van der Waals surface area contributed by atoms with Gasteiger partial charge in [0, 0.05) is 7.05 Å². The van der Waals surface area contributed by atoms with Gasteiger partial charge in [-0.15, -0.1) is 0 Å². The number of aromatic nitrogens is 2. The van der Waals surface area contributed by atoms with Gasteiger partial charge in [-0.25, -0.2) is 4.98 Å². The summed E-state index contributed by atoms with van der Waals surface area (Å²) in [5.41, 5.74) is 0.126. The molecule has 1 saturated heterocycles. The topological polar surface area (TPSA) is 64.4 Å². The molecule has 1 fully saturated rings. The number of ether oxygens (including phenoxy) is 1. The van der Waals surface area contributed by atoms with Crippen LogP contribution in [0.1, 0.15) is 39.4 Å². The Morgan fingerprint density at radius 1 is 1.32 bits per heavy atom. The van der Waals surface area contributed by atoms with E-state index in [1.165, 1.54) is 0 Å². The normalized spacial score (nSPS) is 18.6. The van der Waals surface area contributed by atoms with E-state index in [-0.39, 0.29) is 17.6 Å². The predicted octanol–water partition coefficient (Wildman–Crippen LogP) is 2.24. The zero-order valence-corrected chi connectivity index (χ0v) is 15.3. The molecule has 0 aliphatic carbocycles. The van der Waals surface area contributed by atoms with Gasteiger partial charge in [0.2, 0.25) is 0 Å². The number of likely N-dealkylation sites (tertiary alicyclic amines) is 1. The molecule has 134 valence electrons. The summed E-state index contributed by atoms with van der Waals surface area (Å²) in [5, 5.41) is 0.610. The van der Waals surface area contributed by atoms with E-state index in [2.05, 4.69) is 9.88 Å². The van der Waals surface area contributed by atoms with Gasteiger partial charge in [0.1, 0.15) is 17.5 Å². The van der Waals surface area contributed by atoms with E-state index in [0.717, 1.165) is 19.4 Å². The fourth-order valence-corrected chi connectivity index (χ4v) is 3.24. The average Bonchev–Trinajstić information content (AvgIpc) is 2.99. The molecule has 0 N–H and O–H groups in total. The number of esters is 1. The van der Waals surface area contributed by atoms with E-state index in [9.17, 15) is 9.59 Å². The van der Waals surface area contributed by atoms with Crippen molar-refractivity contribution in [3.05, 3.63) is 40.4 Å². The zero-order valence-electron chi connectivity index (χ0n) is 15.3. The van der Waals surface area contributed by atoms with Crippen molar-refractivity contribution >= 4 is 16.9 Å². The standard InChI is InChI=1S/C19H25N3O3/c1-19(2,3)25-18(24)15-10-7-11-22(15)12-16-20-14-9-6-5-8-13(14)17(23)21(16)4/h5-6,8-9,15H,7,10-12H2,1-4H3/t15-/m0/s1. The largest absolute Gasteiger partial charge is 0.459 e. The molecule has 3 rings (SSSR count). The molecule has 0 amide bonds. The van der Waals surface area contributed by atoms with Crippen LogP contribution in [0.15, 0.2) is 29.1 Å². The maximum atomic E-state index is 12.5. The molecule has 0 radical (unpaired) electrons. The number of rotatable bonds is 3. The quantitative estimate of drug-likeness (QED) is 0.800. The summed E-state index contributed by atoms with van der Waals surface area (Å²) in [6.45, 7) is 6.88. The van der Waals surface area contributed by atoms with Crippen LogP contribution in [0.25, 0.3) is 10.9 Å². The minimum absolute atomic E-state index is 0.0615. The van der Waals surface area contributed by atoms with Crippen LogP contribution in [-0.4, -0.2) is 38.6 Å². The molecule has 1 aromatic carbocycles. The number of para-hydroxylation sites is 1. The molecule has 6 heteroatoms. The fraction of sp³-hybridized carbons (Fsp3) is 0.526. The summed E-state index contributed by atoms with van der Waals surface area (Å²) < 4.78 is 7.12. The lowest BCUT2D eigenvalue weighted by Gasteiger charge is -2.27. The van der Waals surface area contributed by atoms with Crippen molar-refractivity contribution in [3.8, 4) is 0 Å². The van der Waals surface area contributed by atoms with Gasteiger partial charge in [0.05, 0.1) is 17.4 Å². The van der Waals surface area contributed by atoms with Crippen LogP contribution in [0.2, 0.25) is 0 Å². The van der Waals surface area contributed by atoms with Crippen molar-refractivity contribution < 1.29 is 9.53 Å². The highest BCUT2D eigenvalue weighted by atomic mass is 16.6. The molecular weight excluding hydrogens is 318 g/mol. The molecule has 1 aliphatic heterocycles. The molecule has 0 saturated carbocycles. The maximum Gasteiger partial charge on any atom is 0.323 e. The first kappa shape index (κ1) is 17.6. The van der Waals surface area contributed by atoms with Crippen LogP contribution in [0.4, 0.5) is 0 Å². The summed E-state index contributed by atoms with van der Waals surface area (Å²) in [4.78, 5) is 31.7. The molecule has 1 atom stereocenters. The number of benzene rings is 1. The summed E-state index contributed by atoms with van der Waals surface area (Å²) in [7, 11) is 1.73. The first-order chi connectivity index (χ1) is 11.8. The number of carbonyl (C=O) groups is 1. The van der Waals surface area contributed by atoms with Crippen molar-refractivity contribution in [2.75, 3.05) is 6.54 Å². The second-order valence-electron chi connectivity index (χ2n) is 7.57. The fourth-order valence-electron chi connectivity index (χ4n) is 3.24. The average molecular weight is 343 g/mol. The smallest absolute Gasteiger partial charge is 0.323 e. The summed E-state index contributed by atoms with van der Waals surface area (Å²) in [5.74, 6) is 0.468. The van der Waals surface area contributed by atoms with Crippen molar-refractivity contribution in [3.63, 3.8) is 0 Å². The SMILES string of the molecule is Cn1c(CN2CCC[C@H]2C(=O)OC(C)(C)C)nc2ccccc2c1=O. The van der Waals surface area contributed by atoms with Crippen LogP contribution in [-0.2, 0) is 23.1 Å². The summed E-state index contributed by atoms with van der Waals surface area (Å²) >= 11 is 0. The third-order valence-electron chi connectivity index (χ3n) is 4.46. The highest BCUT2D eigenvalue weighted by Crippen LogP contribution is 2.23. The van der Waals surface area contributed by atoms with Crippen molar-refractivity contribution in [2.24, 2.45) is 7.05 Å². The lowest BCUT2D eigenvalue weighted by Crippen LogP contribution is -2.41. The van der Waals surface area contributed by atoms with E-state index in [1.807, 2.05) is 39.0 Å². The zero-order chi connectivity index (χ0) is 18.2. The molecule has 0 spiro atoms. The summed E-state index contributed by atoms with van der Waals surface area (Å²) in [6, 6.07) is 7.06. The molecule has 2 heterocycles. The molecule has 1 aliphatic rings. The van der Waals surface area contributed by atoms with Crippen LogP contribution in [0, 0.1) is 0 Å². The Labute approximate surface area is 147 Å². The molecule has 2 aromatic rings. The third kappa shape index (κ3) is 3.74. The van der Waals surface area contributed by atoms with Crippen molar-refractivity contribution in [1.29, 1.82) is 0 Å². The number of fused-ring (bicyclic) bond motifs is 1.